The van der Waals surface area contributed by atoms with Gasteiger partial charge in [-0.3, -0.25) is 14.6 Å². The van der Waals surface area contributed by atoms with E-state index in [0.29, 0.717) is 32.6 Å². The molecule has 2 heterocycles. The normalized spacial score (nSPS) is 16.8. The number of nitrogens with zero attached hydrogens (tertiary/aromatic N) is 3. The van der Waals surface area contributed by atoms with Gasteiger partial charge in [-0.2, -0.15) is 0 Å². The van der Waals surface area contributed by atoms with E-state index in [2.05, 4.69) is 4.98 Å². The molecule has 1 aliphatic heterocycles. The van der Waals surface area contributed by atoms with Gasteiger partial charge in [0.2, 0.25) is 11.8 Å². The third kappa shape index (κ3) is 4.28. The van der Waals surface area contributed by atoms with Crippen molar-refractivity contribution in [2.24, 2.45) is 5.92 Å². The standard InChI is InChI=1S/C21H25N3O2/c1-3-23-14-18(12-20(23)25)21(26)24(13-17-9-5-4-6-10-17)15-19-11-7-8-16(2)22-19/h4-11,18H,3,12-15H2,1-2H3. The van der Waals surface area contributed by atoms with E-state index in [0.717, 1.165) is 17.0 Å². The van der Waals surface area contributed by atoms with E-state index in [1.54, 1.807) is 4.90 Å². The fraction of sp³-hybridized carbons (Fsp3) is 0.381. The van der Waals surface area contributed by atoms with E-state index in [1.165, 1.54) is 0 Å². The Hall–Kier alpha value is -2.69. The first-order valence-corrected chi connectivity index (χ1v) is 9.10. The van der Waals surface area contributed by atoms with Crippen LogP contribution in [0.5, 0.6) is 0 Å². The minimum Gasteiger partial charge on any atom is -0.342 e. The average molecular weight is 351 g/mol. The number of hydrogen-bond donors (Lipinski definition) is 0. The molecule has 0 aliphatic carbocycles. The highest BCUT2D eigenvalue weighted by atomic mass is 16.2. The number of amides is 2. The number of benzene rings is 1. The van der Waals surface area contributed by atoms with Gasteiger partial charge in [-0.05, 0) is 31.5 Å². The molecule has 1 fully saturated rings. The van der Waals surface area contributed by atoms with Gasteiger partial charge < -0.3 is 9.80 Å². The van der Waals surface area contributed by atoms with Crippen LogP contribution in [-0.2, 0) is 22.7 Å². The maximum absolute atomic E-state index is 13.2. The van der Waals surface area contributed by atoms with Crippen LogP contribution in [0.15, 0.2) is 48.5 Å². The lowest BCUT2D eigenvalue weighted by molar-refractivity contribution is -0.137. The molecule has 5 nitrogen and oxygen atoms in total. The molecule has 26 heavy (non-hydrogen) atoms. The monoisotopic (exact) mass is 351 g/mol. The molecule has 136 valence electrons. The molecule has 5 heteroatoms. The van der Waals surface area contributed by atoms with Gasteiger partial charge >= 0.3 is 0 Å². The van der Waals surface area contributed by atoms with Gasteiger partial charge in [-0.1, -0.05) is 36.4 Å². The number of likely N-dealkylation sites (tertiary alicyclic amines) is 1. The first kappa shape index (κ1) is 18.1. The Balaban J connectivity index is 1.80. The van der Waals surface area contributed by atoms with Crippen molar-refractivity contribution >= 4 is 11.8 Å². The Morgan fingerprint density at radius 3 is 2.58 bits per heavy atom. The molecule has 2 amide bonds. The quantitative estimate of drug-likeness (QED) is 0.804. The molecule has 0 spiro atoms. The summed E-state index contributed by atoms with van der Waals surface area (Å²) in [5.74, 6) is -0.170. The minimum absolute atomic E-state index is 0.0291. The van der Waals surface area contributed by atoms with Crippen LogP contribution >= 0.6 is 0 Å². The lowest BCUT2D eigenvalue weighted by atomic mass is 10.1. The molecule has 1 unspecified atom stereocenters. The zero-order chi connectivity index (χ0) is 18.5. The van der Waals surface area contributed by atoms with E-state index < -0.39 is 0 Å². The maximum Gasteiger partial charge on any atom is 0.228 e. The number of hydrogen-bond acceptors (Lipinski definition) is 3. The van der Waals surface area contributed by atoms with Crippen LogP contribution in [0.4, 0.5) is 0 Å². The van der Waals surface area contributed by atoms with E-state index in [1.807, 2.05) is 67.3 Å². The third-order valence-electron chi connectivity index (χ3n) is 4.77. The number of carbonyl (C=O) groups excluding carboxylic acids is 2. The smallest absolute Gasteiger partial charge is 0.228 e. The van der Waals surface area contributed by atoms with Crippen molar-refractivity contribution in [3.8, 4) is 0 Å². The molecule has 1 aromatic heterocycles. The van der Waals surface area contributed by atoms with Crippen molar-refractivity contribution in [1.82, 2.24) is 14.8 Å². The predicted molar refractivity (Wildman–Crippen MR) is 100 cm³/mol. The summed E-state index contributed by atoms with van der Waals surface area (Å²) < 4.78 is 0. The lowest BCUT2D eigenvalue weighted by Gasteiger charge is -2.25. The van der Waals surface area contributed by atoms with Gasteiger partial charge in [0.05, 0.1) is 18.2 Å². The van der Waals surface area contributed by atoms with Crippen LogP contribution < -0.4 is 0 Å². The van der Waals surface area contributed by atoms with Gasteiger partial charge in [-0.15, -0.1) is 0 Å². The number of pyridine rings is 1. The minimum atomic E-state index is -0.268. The SMILES string of the molecule is CCN1CC(C(=O)N(Cc2ccccc2)Cc2cccc(C)n2)CC1=O. The van der Waals surface area contributed by atoms with Crippen molar-refractivity contribution in [2.45, 2.75) is 33.4 Å². The van der Waals surface area contributed by atoms with Crippen LogP contribution in [0.3, 0.4) is 0 Å². The fourth-order valence-electron chi connectivity index (χ4n) is 3.40. The van der Waals surface area contributed by atoms with Crippen molar-refractivity contribution in [3.05, 3.63) is 65.5 Å². The zero-order valence-corrected chi connectivity index (χ0v) is 15.4. The Morgan fingerprint density at radius 2 is 1.92 bits per heavy atom. The summed E-state index contributed by atoms with van der Waals surface area (Å²) in [5, 5.41) is 0. The first-order valence-electron chi connectivity index (χ1n) is 9.10. The molecule has 1 saturated heterocycles. The molecule has 0 N–H and O–H groups in total. The lowest BCUT2D eigenvalue weighted by Crippen LogP contribution is -2.37. The Morgan fingerprint density at radius 1 is 1.15 bits per heavy atom. The van der Waals surface area contributed by atoms with Crippen LogP contribution in [0.25, 0.3) is 0 Å². The molecule has 0 bridgehead atoms. The van der Waals surface area contributed by atoms with E-state index in [-0.39, 0.29) is 17.7 Å². The second-order valence-corrected chi connectivity index (χ2v) is 6.78. The topological polar surface area (TPSA) is 53.5 Å². The van der Waals surface area contributed by atoms with Crippen LogP contribution in [-0.4, -0.2) is 39.7 Å². The molecule has 1 aliphatic rings. The second kappa shape index (κ2) is 8.13. The van der Waals surface area contributed by atoms with Crippen molar-refractivity contribution in [2.75, 3.05) is 13.1 Å². The third-order valence-corrected chi connectivity index (χ3v) is 4.77. The summed E-state index contributed by atoms with van der Waals surface area (Å²) >= 11 is 0. The summed E-state index contributed by atoms with van der Waals surface area (Å²) in [6.07, 6.45) is 0.305. The second-order valence-electron chi connectivity index (χ2n) is 6.78. The molecular weight excluding hydrogens is 326 g/mol. The molecule has 0 saturated carbocycles. The fourth-order valence-corrected chi connectivity index (χ4v) is 3.40. The van der Waals surface area contributed by atoms with Crippen LogP contribution in [0, 0.1) is 12.8 Å². The van der Waals surface area contributed by atoms with Crippen LogP contribution in [0.2, 0.25) is 0 Å². The zero-order valence-electron chi connectivity index (χ0n) is 15.4. The van der Waals surface area contributed by atoms with Gasteiger partial charge in [0.25, 0.3) is 0 Å². The Labute approximate surface area is 154 Å². The number of rotatable bonds is 6. The van der Waals surface area contributed by atoms with Gasteiger partial charge in [-0.25, -0.2) is 0 Å². The highest BCUT2D eigenvalue weighted by Gasteiger charge is 2.35. The van der Waals surface area contributed by atoms with E-state index in [4.69, 9.17) is 0 Å². The Kier molecular flexibility index (Phi) is 5.66. The summed E-state index contributed by atoms with van der Waals surface area (Å²) in [6, 6.07) is 15.8. The molecule has 1 atom stereocenters. The average Bonchev–Trinajstić information content (AvgIpc) is 3.02. The molecular formula is C21H25N3O2. The number of aromatic nitrogens is 1. The van der Waals surface area contributed by atoms with E-state index in [9.17, 15) is 9.59 Å². The summed E-state index contributed by atoms with van der Waals surface area (Å²) in [6.45, 7) is 6.03. The summed E-state index contributed by atoms with van der Waals surface area (Å²) in [4.78, 5) is 33.3. The van der Waals surface area contributed by atoms with Gasteiger partial charge in [0.1, 0.15) is 0 Å². The van der Waals surface area contributed by atoms with Crippen molar-refractivity contribution in [1.29, 1.82) is 0 Å². The molecule has 3 rings (SSSR count). The first-order chi connectivity index (χ1) is 12.6. The number of aryl methyl sites for hydroxylation is 1. The largest absolute Gasteiger partial charge is 0.342 e. The van der Waals surface area contributed by atoms with Crippen molar-refractivity contribution in [3.63, 3.8) is 0 Å². The summed E-state index contributed by atoms with van der Waals surface area (Å²) in [5.41, 5.74) is 2.87. The van der Waals surface area contributed by atoms with Crippen molar-refractivity contribution < 1.29 is 9.59 Å². The van der Waals surface area contributed by atoms with Gasteiger partial charge in [0.15, 0.2) is 0 Å². The molecule has 0 radical (unpaired) electrons. The number of carbonyl (C=O) groups is 2. The van der Waals surface area contributed by atoms with Crippen LogP contribution in [0.1, 0.15) is 30.3 Å². The highest BCUT2D eigenvalue weighted by Crippen LogP contribution is 2.22. The highest BCUT2D eigenvalue weighted by molar-refractivity contribution is 5.89. The van der Waals surface area contributed by atoms with Gasteiger partial charge in [0, 0.05) is 31.7 Å². The Bertz CT molecular complexity index is 776. The molecule has 1 aromatic carbocycles. The predicted octanol–water partition coefficient (Wildman–Crippen LogP) is 2.79. The van der Waals surface area contributed by atoms with E-state index >= 15 is 0 Å². The molecule has 2 aromatic rings. The maximum atomic E-state index is 13.2. The summed E-state index contributed by atoms with van der Waals surface area (Å²) in [7, 11) is 0.